The van der Waals surface area contributed by atoms with Crippen LogP contribution in [-0.2, 0) is 6.54 Å². The van der Waals surface area contributed by atoms with Gasteiger partial charge in [-0.25, -0.2) is 0 Å². The highest BCUT2D eigenvalue weighted by atomic mass is 35.5. The number of nitrogens with zero attached hydrogens (tertiary/aromatic N) is 2. The molecule has 1 N–H and O–H groups in total. The zero-order valence-corrected chi connectivity index (χ0v) is 14.4. The van der Waals surface area contributed by atoms with Crippen molar-refractivity contribution >= 4 is 17.5 Å². The maximum Gasteiger partial charge on any atom is 0.254 e. The number of amides is 1. The van der Waals surface area contributed by atoms with E-state index >= 15 is 0 Å². The van der Waals surface area contributed by atoms with Crippen LogP contribution in [-0.4, -0.2) is 34.9 Å². The molecule has 4 nitrogen and oxygen atoms in total. The minimum Gasteiger partial charge on any atom is -0.330 e. The fourth-order valence-corrected chi connectivity index (χ4v) is 3.32. The number of benzene rings is 1. The Labute approximate surface area is 147 Å². The van der Waals surface area contributed by atoms with Gasteiger partial charge >= 0.3 is 0 Å². The van der Waals surface area contributed by atoms with E-state index in [0.717, 1.165) is 38.0 Å². The van der Waals surface area contributed by atoms with Crippen LogP contribution in [0, 0.1) is 0 Å². The molecule has 5 heteroatoms. The van der Waals surface area contributed by atoms with Crippen molar-refractivity contribution in [3.63, 3.8) is 0 Å². The van der Waals surface area contributed by atoms with Crippen LogP contribution in [0.5, 0.6) is 0 Å². The summed E-state index contributed by atoms with van der Waals surface area (Å²) in [5.74, 6) is 0.0232. The lowest BCUT2D eigenvalue weighted by Crippen LogP contribution is -2.40. The molecular formula is C19H22ClN3O. The van der Waals surface area contributed by atoms with Crippen LogP contribution in [0.4, 0.5) is 0 Å². The van der Waals surface area contributed by atoms with Crippen LogP contribution in [0.3, 0.4) is 0 Å². The maximum atomic E-state index is 13.1. The standard InChI is InChI=1S/C19H22ClN3O/c20-16-6-3-5-15(13-16)19(24)23(14-17-7-1-2-11-22-17)18-8-4-10-21-12-9-18/h1-3,5-7,11,13,18,21H,4,8-10,12,14H2. The second-order valence-electron chi connectivity index (χ2n) is 6.10. The maximum absolute atomic E-state index is 13.1. The molecule has 24 heavy (non-hydrogen) atoms. The molecule has 2 heterocycles. The average molecular weight is 344 g/mol. The molecule has 0 radical (unpaired) electrons. The van der Waals surface area contributed by atoms with Crippen molar-refractivity contribution in [2.45, 2.75) is 31.8 Å². The zero-order chi connectivity index (χ0) is 16.8. The van der Waals surface area contributed by atoms with E-state index in [1.165, 1.54) is 0 Å². The van der Waals surface area contributed by atoms with E-state index in [4.69, 9.17) is 11.6 Å². The number of aromatic nitrogens is 1. The van der Waals surface area contributed by atoms with E-state index in [2.05, 4.69) is 10.3 Å². The monoisotopic (exact) mass is 343 g/mol. The number of hydrogen-bond acceptors (Lipinski definition) is 3. The molecule has 1 atom stereocenters. The molecule has 1 unspecified atom stereocenters. The van der Waals surface area contributed by atoms with Gasteiger partial charge in [-0.3, -0.25) is 9.78 Å². The van der Waals surface area contributed by atoms with Gasteiger partial charge in [0, 0.05) is 22.8 Å². The van der Waals surface area contributed by atoms with Crippen LogP contribution in [0.1, 0.15) is 35.3 Å². The molecule has 1 aliphatic rings. The minimum atomic E-state index is 0.0232. The Morgan fingerprint density at radius 3 is 2.92 bits per heavy atom. The normalized spacial score (nSPS) is 18.0. The second-order valence-corrected chi connectivity index (χ2v) is 6.54. The number of rotatable bonds is 4. The van der Waals surface area contributed by atoms with Gasteiger partial charge in [-0.2, -0.15) is 0 Å². The van der Waals surface area contributed by atoms with Crippen LogP contribution >= 0.6 is 11.6 Å². The molecule has 0 saturated carbocycles. The quantitative estimate of drug-likeness (QED) is 0.923. The Kier molecular flexibility index (Phi) is 5.83. The number of pyridine rings is 1. The third-order valence-electron chi connectivity index (χ3n) is 4.38. The van der Waals surface area contributed by atoms with E-state index in [9.17, 15) is 4.79 Å². The van der Waals surface area contributed by atoms with Gasteiger partial charge in [-0.1, -0.05) is 23.7 Å². The summed E-state index contributed by atoms with van der Waals surface area (Å²) in [5, 5.41) is 3.99. The first-order valence-corrected chi connectivity index (χ1v) is 8.79. The molecule has 1 fully saturated rings. The van der Waals surface area contributed by atoms with Gasteiger partial charge in [0.1, 0.15) is 0 Å². The van der Waals surface area contributed by atoms with Crippen molar-refractivity contribution in [2.24, 2.45) is 0 Å². The van der Waals surface area contributed by atoms with Gasteiger partial charge < -0.3 is 10.2 Å². The highest BCUT2D eigenvalue weighted by molar-refractivity contribution is 6.30. The highest BCUT2D eigenvalue weighted by Gasteiger charge is 2.26. The van der Waals surface area contributed by atoms with Crippen LogP contribution < -0.4 is 5.32 Å². The highest BCUT2D eigenvalue weighted by Crippen LogP contribution is 2.21. The van der Waals surface area contributed by atoms with Crippen molar-refractivity contribution in [2.75, 3.05) is 13.1 Å². The largest absolute Gasteiger partial charge is 0.330 e. The average Bonchev–Trinajstić information content (AvgIpc) is 2.89. The number of halogens is 1. The molecule has 126 valence electrons. The van der Waals surface area contributed by atoms with Gasteiger partial charge in [-0.05, 0) is 62.7 Å². The van der Waals surface area contributed by atoms with Gasteiger partial charge in [0.05, 0.1) is 12.2 Å². The molecule has 0 spiro atoms. The van der Waals surface area contributed by atoms with Crippen molar-refractivity contribution in [3.8, 4) is 0 Å². The van der Waals surface area contributed by atoms with Crippen LogP contribution in [0.2, 0.25) is 5.02 Å². The number of carbonyl (C=O) groups excluding carboxylic acids is 1. The predicted octanol–water partition coefficient (Wildman–Crippen LogP) is 3.52. The summed E-state index contributed by atoms with van der Waals surface area (Å²) in [4.78, 5) is 19.5. The lowest BCUT2D eigenvalue weighted by molar-refractivity contribution is 0.0642. The van der Waals surface area contributed by atoms with E-state index in [-0.39, 0.29) is 11.9 Å². The molecule has 1 saturated heterocycles. The predicted molar refractivity (Wildman–Crippen MR) is 96.1 cm³/mol. The van der Waals surface area contributed by atoms with E-state index in [1.807, 2.05) is 35.2 Å². The van der Waals surface area contributed by atoms with Crippen molar-refractivity contribution in [1.82, 2.24) is 15.2 Å². The van der Waals surface area contributed by atoms with Gasteiger partial charge in [-0.15, -0.1) is 0 Å². The molecule has 1 aromatic heterocycles. The molecular weight excluding hydrogens is 322 g/mol. The number of nitrogens with one attached hydrogen (secondary N) is 1. The first-order valence-electron chi connectivity index (χ1n) is 8.41. The van der Waals surface area contributed by atoms with Crippen LogP contribution in [0.25, 0.3) is 0 Å². The van der Waals surface area contributed by atoms with E-state index < -0.39 is 0 Å². The van der Waals surface area contributed by atoms with E-state index in [1.54, 1.807) is 18.3 Å². The fourth-order valence-electron chi connectivity index (χ4n) is 3.13. The summed E-state index contributed by atoms with van der Waals surface area (Å²) in [6.07, 6.45) is 4.81. The van der Waals surface area contributed by atoms with E-state index in [0.29, 0.717) is 17.1 Å². The molecule has 1 aromatic carbocycles. The summed E-state index contributed by atoms with van der Waals surface area (Å²) in [5.41, 5.74) is 1.54. The first kappa shape index (κ1) is 16.9. The first-order chi connectivity index (χ1) is 11.7. The van der Waals surface area contributed by atoms with Crippen LogP contribution in [0.15, 0.2) is 48.7 Å². The Balaban J connectivity index is 1.86. The lowest BCUT2D eigenvalue weighted by atomic mass is 10.0. The van der Waals surface area contributed by atoms with Crippen molar-refractivity contribution in [3.05, 3.63) is 64.9 Å². The minimum absolute atomic E-state index is 0.0232. The molecule has 3 rings (SSSR count). The summed E-state index contributed by atoms with van der Waals surface area (Å²) < 4.78 is 0. The number of carbonyl (C=O) groups is 1. The Morgan fingerprint density at radius 1 is 1.21 bits per heavy atom. The molecule has 2 aromatic rings. The fraction of sp³-hybridized carbons (Fsp3) is 0.368. The van der Waals surface area contributed by atoms with Gasteiger partial charge in [0.2, 0.25) is 0 Å². The summed E-state index contributed by atoms with van der Waals surface area (Å²) in [6, 6.07) is 13.2. The molecule has 0 aliphatic carbocycles. The molecule has 1 amide bonds. The SMILES string of the molecule is O=C(c1cccc(Cl)c1)N(Cc1ccccn1)C1CCCNCC1. The third-order valence-corrected chi connectivity index (χ3v) is 4.61. The Hall–Kier alpha value is -1.91. The summed E-state index contributed by atoms with van der Waals surface area (Å²) in [6.45, 7) is 2.47. The van der Waals surface area contributed by atoms with Crippen molar-refractivity contribution < 1.29 is 4.79 Å². The Bertz CT molecular complexity index is 669. The lowest BCUT2D eigenvalue weighted by Gasteiger charge is -2.31. The summed E-state index contributed by atoms with van der Waals surface area (Å²) >= 11 is 6.07. The smallest absolute Gasteiger partial charge is 0.254 e. The Morgan fingerprint density at radius 2 is 2.12 bits per heavy atom. The molecule has 0 bridgehead atoms. The third kappa shape index (κ3) is 4.34. The summed E-state index contributed by atoms with van der Waals surface area (Å²) in [7, 11) is 0. The zero-order valence-electron chi connectivity index (χ0n) is 13.6. The number of hydrogen-bond donors (Lipinski definition) is 1. The molecule has 1 aliphatic heterocycles. The second kappa shape index (κ2) is 8.27. The van der Waals surface area contributed by atoms with Gasteiger partial charge in [0.25, 0.3) is 5.91 Å². The topological polar surface area (TPSA) is 45.2 Å². The van der Waals surface area contributed by atoms with Crippen molar-refractivity contribution in [1.29, 1.82) is 0 Å². The van der Waals surface area contributed by atoms with Gasteiger partial charge in [0.15, 0.2) is 0 Å².